The van der Waals surface area contributed by atoms with Gasteiger partial charge in [0.25, 0.3) is 0 Å². The topological polar surface area (TPSA) is 139 Å². The first-order valence-corrected chi connectivity index (χ1v) is 12.7. The van der Waals surface area contributed by atoms with Crippen LogP contribution < -0.4 is 0 Å². The van der Waals surface area contributed by atoms with Crippen molar-refractivity contribution >= 4 is 35.4 Å². The van der Waals surface area contributed by atoms with E-state index in [-0.39, 0.29) is 47.1 Å². The van der Waals surface area contributed by atoms with Gasteiger partial charge in [0.2, 0.25) is 0 Å². The van der Waals surface area contributed by atoms with Crippen molar-refractivity contribution in [1.29, 1.82) is 0 Å². The van der Waals surface area contributed by atoms with E-state index in [4.69, 9.17) is 18.9 Å². The van der Waals surface area contributed by atoms with E-state index in [9.17, 15) is 28.8 Å². The lowest BCUT2D eigenvalue weighted by molar-refractivity contribution is -0.208. The summed E-state index contributed by atoms with van der Waals surface area (Å²) in [6.45, 7) is 2.52. The van der Waals surface area contributed by atoms with Gasteiger partial charge >= 0.3 is 23.9 Å². The number of ether oxygens (including phenoxy) is 4. The molecule has 8 saturated carbocycles. The zero-order valence-electron chi connectivity index (χ0n) is 20.4. The van der Waals surface area contributed by atoms with Gasteiger partial charge in [0, 0.05) is 25.7 Å². The van der Waals surface area contributed by atoms with Crippen molar-refractivity contribution < 1.29 is 47.7 Å². The summed E-state index contributed by atoms with van der Waals surface area (Å²) in [7, 11) is 2.59. The molecule has 0 saturated heterocycles. The zero-order chi connectivity index (χ0) is 25.6. The maximum atomic E-state index is 13.9. The molecule has 0 aliphatic heterocycles. The first-order valence-electron chi connectivity index (χ1n) is 12.7. The van der Waals surface area contributed by atoms with Crippen molar-refractivity contribution in [3.63, 3.8) is 0 Å². The number of fused-ring (bicyclic) bond motifs is 2. The number of rotatable bonds is 4. The summed E-state index contributed by atoms with van der Waals surface area (Å²) in [5.41, 5.74) is -2.57. The van der Waals surface area contributed by atoms with Crippen LogP contribution in [0.25, 0.3) is 0 Å². The van der Waals surface area contributed by atoms with E-state index in [1.54, 1.807) is 0 Å². The average molecular weight is 501 g/mol. The molecule has 36 heavy (non-hydrogen) atoms. The van der Waals surface area contributed by atoms with Gasteiger partial charge in [-0.25, -0.2) is 0 Å². The molecule has 8 aliphatic rings. The van der Waals surface area contributed by atoms with Crippen LogP contribution in [0.4, 0.5) is 0 Å². The lowest BCUT2D eigenvalue weighted by atomic mass is 9.43. The van der Waals surface area contributed by atoms with E-state index >= 15 is 0 Å². The van der Waals surface area contributed by atoms with E-state index in [0.717, 1.165) is 0 Å². The van der Waals surface area contributed by atoms with Crippen LogP contribution in [0.15, 0.2) is 0 Å². The van der Waals surface area contributed by atoms with Crippen LogP contribution in [0.1, 0.15) is 26.7 Å². The Morgan fingerprint density at radius 1 is 0.667 bits per heavy atom. The standard InChI is InChI=1S/C26H28O10/c1-7(27)35-11-5-9-13(21(11)29)19-15-16-18-10-6-12(36-8(2)28)22(30)14(10)20(16)25(17(9)15,23(31)33-3)26(18,19)24(32)34-4/h9-20H,5-6H2,1-4H3/t9-,10-,11-,12+,13-,14+,15+,16+,17-,18+,19-,20+,25-,26-/m1/s1. The number of esters is 4. The molecule has 0 N–H and O–H groups in total. The highest BCUT2D eigenvalue weighted by Gasteiger charge is 3.02. The van der Waals surface area contributed by atoms with Crippen LogP contribution in [-0.4, -0.2) is 61.9 Å². The Bertz CT molecular complexity index is 1090. The van der Waals surface area contributed by atoms with Crippen molar-refractivity contribution in [3.8, 4) is 0 Å². The minimum atomic E-state index is -1.28. The number of methoxy groups -OCH3 is 2. The summed E-state index contributed by atoms with van der Waals surface area (Å²) >= 11 is 0. The molecule has 14 atom stereocenters. The highest BCUT2D eigenvalue weighted by atomic mass is 16.6. The Morgan fingerprint density at radius 2 is 1.03 bits per heavy atom. The molecule has 8 bridgehead atoms. The molecule has 0 aromatic heterocycles. The zero-order valence-corrected chi connectivity index (χ0v) is 20.4. The summed E-state index contributed by atoms with van der Waals surface area (Å²) < 4.78 is 21.5. The molecule has 0 radical (unpaired) electrons. The molecule has 10 heteroatoms. The molecular formula is C26H28O10. The Balaban J connectivity index is 1.41. The van der Waals surface area contributed by atoms with Gasteiger partial charge in [0.15, 0.2) is 23.8 Å². The van der Waals surface area contributed by atoms with Crippen LogP contribution in [0, 0.1) is 70.0 Å². The molecule has 0 heterocycles. The summed E-state index contributed by atoms with van der Waals surface area (Å²) in [6, 6.07) is 0. The van der Waals surface area contributed by atoms with Gasteiger partial charge in [0.05, 0.1) is 25.0 Å². The number of ketones is 2. The largest absolute Gasteiger partial charge is 0.469 e. The molecule has 8 aliphatic carbocycles. The van der Waals surface area contributed by atoms with E-state index in [2.05, 4.69) is 0 Å². The second-order valence-electron chi connectivity index (χ2n) is 11.8. The second kappa shape index (κ2) is 6.55. The van der Waals surface area contributed by atoms with Crippen molar-refractivity contribution in [3.05, 3.63) is 0 Å². The lowest BCUT2D eigenvalue weighted by Gasteiger charge is -2.56. The molecule has 8 fully saturated rings. The average Bonchev–Trinajstić information content (AvgIpc) is 3.65. The monoisotopic (exact) mass is 500 g/mol. The van der Waals surface area contributed by atoms with E-state index in [1.807, 2.05) is 0 Å². The van der Waals surface area contributed by atoms with Crippen LogP contribution in [-0.2, 0) is 47.7 Å². The maximum Gasteiger partial charge on any atom is 0.313 e. The highest BCUT2D eigenvalue weighted by Crippen LogP contribution is 2.97. The molecule has 0 amide bonds. The second-order valence-corrected chi connectivity index (χ2v) is 11.8. The van der Waals surface area contributed by atoms with Crippen LogP contribution >= 0.6 is 0 Å². The quantitative estimate of drug-likeness (QED) is 0.392. The Hall–Kier alpha value is -2.78. The minimum Gasteiger partial charge on any atom is -0.469 e. The summed E-state index contributed by atoms with van der Waals surface area (Å²) in [5, 5.41) is 0. The first kappa shape index (κ1) is 22.4. The van der Waals surface area contributed by atoms with Gasteiger partial charge in [-0.3, -0.25) is 28.8 Å². The Labute approximate surface area is 206 Å². The number of carbonyl (C=O) groups is 6. The molecule has 0 unspecified atom stereocenters. The van der Waals surface area contributed by atoms with Crippen molar-refractivity contribution in [1.82, 2.24) is 0 Å². The van der Waals surface area contributed by atoms with Crippen LogP contribution in [0.3, 0.4) is 0 Å². The van der Waals surface area contributed by atoms with Gasteiger partial charge in [-0.1, -0.05) is 0 Å². The number of carbonyl (C=O) groups excluding carboxylic acids is 6. The van der Waals surface area contributed by atoms with E-state index < -0.39 is 70.6 Å². The fraction of sp³-hybridized carbons (Fsp3) is 0.769. The third-order valence-electron chi connectivity index (χ3n) is 11.4. The van der Waals surface area contributed by atoms with Crippen molar-refractivity contribution in [2.24, 2.45) is 70.0 Å². The van der Waals surface area contributed by atoms with Gasteiger partial charge in [0.1, 0.15) is 0 Å². The minimum absolute atomic E-state index is 0.0824. The predicted molar refractivity (Wildman–Crippen MR) is 114 cm³/mol. The Kier molecular flexibility index (Phi) is 4.08. The van der Waals surface area contributed by atoms with Crippen molar-refractivity contribution in [2.45, 2.75) is 38.9 Å². The molecule has 0 aromatic carbocycles. The first-order chi connectivity index (χ1) is 17.1. The lowest BCUT2D eigenvalue weighted by Crippen LogP contribution is -2.66. The third-order valence-corrected chi connectivity index (χ3v) is 11.4. The molecule has 8 rings (SSSR count). The predicted octanol–water partition coefficient (Wildman–Crippen LogP) is 0.344. The fourth-order valence-electron chi connectivity index (χ4n) is 11.8. The molecule has 0 spiro atoms. The van der Waals surface area contributed by atoms with Crippen LogP contribution in [0.2, 0.25) is 0 Å². The summed E-state index contributed by atoms with van der Waals surface area (Å²) in [5.74, 6) is -5.69. The fourth-order valence-corrected chi connectivity index (χ4v) is 11.8. The summed E-state index contributed by atoms with van der Waals surface area (Å²) in [6.07, 6.45) is -1.18. The van der Waals surface area contributed by atoms with Gasteiger partial charge in [-0.15, -0.1) is 0 Å². The van der Waals surface area contributed by atoms with E-state index in [0.29, 0.717) is 12.8 Å². The van der Waals surface area contributed by atoms with Gasteiger partial charge in [-0.2, -0.15) is 0 Å². The SMILES string of the molecule is COC(=O)[C@]12[C@@H]3[C@@H]4C(=O)[C@H](OC(C)=O)C[C@H]4[C@@H]4[C@@H]3[C@H]3[C@@H]1[C@@H]1C[C@H](OC(C)=O)C(=O)[C@@H]1[C@@H]3[C@@]42C(=O)OC. The molecule has 0 aromatic rings. The number of hydrogen-bond acceptors (Lipinski definition) is 10. The smallest absolute Gasteiger partial charge is 0.313 e. The normalized spacial score (nSPS) is 53.6. The molecule has 10 nitrogen and oxygen atoms in total. The van der Waals surface area contributed by atoms with Gasteiger partial charge < -0.3 is 18.9 Å². The Morgan fingerprint density at radius 3 is 1.33 bits per heavy atom. The van der Waals surface area contributed by atoms with Crippen molar-refractivity contribution in [2.75, 3.05) is 14.2 Å². The van der Waals surface area contributed by atoms with Crippen LogP contribution in [0.5, 0.6) is 0 Å². The van der Waals surface area contributed by atoms with E-state index in [1.165, 1.54) is 28.1 Å². The van der Waals surface area contributed by atoms with Gasteiger partial charge in [-0.05, 0) is 60.2 Å². The maximum absolute atomic E-state index is 13.9. The number of Topliss-reactive ketones (excluding diaryl/α,β-unsaturated/α-hetero) is 2. The molecule has 192 valence electrons. The third kappa shape index (κ3) is 1.91. The molecular weight excluding hydrogens is 472 g/mol. The highest BCUT2D eigenvalue weighted by molar-refractivity contribution is 6.01. The summed E-state index contributed by atoms with van der Waals surface area (Å²) in [4.78, 5) is 78.3. The number of hydrogen-bond donors (Lipinski definition) is 0.